The van der Waals surface area contributed by atoms with Crippen molar-refractivity contribution < 1.29 is 9.53 Å². The number of benzene rings is 1. The smallest absolute Gasteiger partial charge is 0.330 e. The van der Waals surface area contributed by atoms with Crippen molar-refractivity contribution in [1.29, 1.82) is 0 Å². The van der Waals surface area contributed by atoms with E-state index < -0.39 is 11.2 Å². The fourth-order valence-electron chi connectivity index (χ4n) is 3.13. The molecule has 8 nitrogen and oxygen atoms in total. The molecule has 0 saturated carbocycles. The minimum absolute atomic E-state index is 0.168. The predicted octanol–water partition coefficient (Wildman–Crippen LogP) is 2.37. The van der Waals surface area contributed by atoms with Gasteiger partial charge in [0.05, 0.1) is 18.1 Å². The third kappa shape index (κ3) is 4.11. The van der Waals surface area contributed by atoms with E-state index in [2.05, 4.69) is 19.7 Å². The zero-order valence-corrected chi connectivity index (χ0v) is 16.4. The van der Waals surface area contributed by atoms with E-state index in [4.69, 9.17) is 0 Å². The number of aromatic nitrogens is 4. The van der Waals surface area contributed by atoms with E-state index in [-0.39, 0.29) is 17.1 Å². The summed E-state index contributed by atoms with van der Waals surface area (Å²) in [4.78, 5) is 47.7. The molecule has 0 saturated heterocycles. The van der Waals surface area contributed by atoms with Crippen molar-refractivity contribution >= 4 is 28.2 Å². The first-order valence-electron chi connectivity index (χ1n) is 9.39. The molecule has 3 aromatic rings. The number of methoxy groups -OCH3 is 1. The van der Waals surface area contributed by atoms with Gasteiger partial charge in [-0.25, -0.2) is 14.8 Å². The van der Waals surface area contributed by atoms with Gasteiger partial charge in [-0.2, -0.15) is 0 Å². The number of aromatic amines is 1. The van der Waals surface area contributed by atoms with Crippen molar-refractivity contribution in [2.24, 2.45) is 0 Å². The summed E-state index contributed by atoms with van der Waals surface area (Å²) >= 11 is 0. The molecule has 0 aliphatic carbocycles. The Morgan fingerprint density at radius 3 is 2.36 bits per heavy atom. The van der Waals surface area contributed by atoms with Gasteiger partial charge in [0.15, 0.2) is 11.2 Å². The molecule has 0 aliphatic rings. The van der Waals surface area contributed by atoms with Crippen molar-refractivity contribution in [3.05, 3.63) is 44.1 Å². The zero-order valence-electron chi connectivity index (χ0n) is 16.4. The van der Waals surface area contributed by atoms with Crippen LogP contribution in [0.4, 0.5) is 0 Å². The van der Waals surface area contributed by atoms with Gasteiger partial charge in [0.1, 0.15) is 0 Å². The van der Waals surface area contributed by atoms with Crippen LogP contribution in [0, 0.1) is 13.8 Å². The van der Waals surface area contributed by atoms with Crippen molar-refractivity contribution in [2.45, 2.75) is 52.5 Å². The number of carbonyl (C=O) groups excluding carboxylic acids is 1. The van der Waals surface area contributed by atoms with Crippen LogP contribution in [0.3, 0.4) is 0 Å². The van der Waals surface area contributed by atoms with Gasteiger partial charge < -0.3 is 4.74 Å². The van der Waals surface area contributed by atoms with Crippen LogP contribution >= 0.6 is 0 Å². The molecule has 0 unspecified atom stereocenters. The van der Waals surface area contributed by atoms with Gasteiger partial charge in [0.2, 0.25) is 0 Å². The van der Waals surface area contributed by atoms with Crippen LogP contribution in [-0.2, 0) is 16.1 Å². The number of fused-ring (bicyclic) bond motifs is 2. The van der Waals surface area contributed by atoms with Crippen LogP contribution in [0.5, 0.6) is 0 Å². The van der Waals surface area contributed by atoms with Gasteiger partial charge >= 0.3 is 11.7 Å². The van der Waals surface area contributed by atoms with E-state index in [0.717, 1.165) is 30.4 Å². The first kappa shape index (κ1) is 19.7. The molecular formula is C20H24N4O4. The van der Waals surface area contributed by atoms with Crippen LogP contribution in [0.15, 0.2) is 21.7 Å². The molecule has 0 aliphatic heterocycles. The average molecular weight is 384 g/mol. The van der Waals surface area contributed by atoms with Crippen molar-refractivity contribution in [2.75, 3.05) is 7.11 Å². The Morgan fingerprint density at radius 2 is 1.68 bits per heavy atom. The zero-order chi connectivity index (χ0) is 20.3. The number of carbonyl (C=O) groups is 1. The lowest BCUT2D eigenvalue weighted by atomic mass is 10.1. The molecule has 0 atom stereocenters. The molecule has 148 valence electrons. The molecule has 3 rings (SSSR count). The third-order valence-corrected chi connectivity index (χ3v) is 4.94. The fourth-order valence-corrected chi connectivity index (χ4v) is 3.13. The maximum Gasteiger partial charge on any atom is 0.330 e. The molecule has 1 aromatic carbocycles. The maximum atomic E-state index is 12.8. The number of nitrogens with one attached hydrogen (secondary N) is 1. The second-order valence-electron chi connectivity index (χ2n) is 6.97. The van der Waals surface area contributed by atoms with Crippen molar-refractivity contribution in [1.82, 2.24) is 19.5 Å². The summed E-state index contributed by atoms with van der Waals surface area (Å²) in [6.45, 7) is 4.26. The van der Waals surface area contributed by atoms with Crippen LogP contribution in [0.2, 0.25) is 0 Å². The molecule has 0 spiro atoms. The second kappa shape index (κ2) is 8.33. The van der Waals surface area contributed by atoms with Crippen LogP contribution in [-0.4, -0.2) is 32.6 Å². The number of hydrogen-bond acceptors (Lipinski definition) is 6. The lowest BCUT2D eigenvalue weighted by Gasteiger charge is -2.08. The molecule has 0 fully saturated rings. The molecule has 1 N–H and O–H groups in total. The second-order valence-corrected chi connectivity index (χ2v) is 6.97. The Kier molecular flexibility index (Phi) is 5.87. The molecule has 8 heteroatoms. The molecule has 0 bridgehead atoms. The summed E-state index contributed by atoms with van der Waals surface area (Å²) in [6, 6.07) is 3.79. The Labute approximate surface area is 161 Å². The van der Waals surface area contributed by atoms with E-state index in [1.54, 1.807) is 0 Å². The molecule has 0 amide bonds. The number of H-pyrrole nitrogens is 1. The van der Waals surface area contributed by atoms with Gasteiger partial charge in [-0.3, -0.25) is 19.1 Å². The maximum absolute atomic E-state index is 12.8. The Hall–Kier alpha value is -3.03. The monoisotopic (exact) mass is 384 g/mol. The van der Waals surface area contributed by atoms with E-state index >= 15 is 0 Å². The van der Waals surface area contributed by atoms with E-state index in [1.165, 1.54) is 11.7 Å². The van der Waals surface area contributed by atoms with Crippen LogP contribution < -0.4 is 11.2 Å². The highest BCUT2D eigenvalue weighted by Crippen LogP contribution is 2.17. The molecule has 0 radical (unpaired) electrons. The minimum Gasteiger partial charge on any atom is -0.469 e. The van der Waals surface area contributed by atoms with Gasteiger partial charge in [-0.05, 0) is 49.9 Å². The summed E-state index contributed by atoms with van der Waals surface area (Å²) in [5.74, 6) is -0.224. The summed E-state index contributed by atoms with van der Waals surface area (Å²) in [6.07, 6.45) is 3.41. The number of rotatable bonds is 7. The third-order valence-electron chi connectivity index (χ3n) is 4.94. The highest BCUT2D eigenvalue weighted by molar-refractivity contribution is 5.84. The van der Waals surface area contributed by atoms with Crippen LogP contribution in [0.25, 0.3) is 22.2 Å². The normalized spacial score (nSPS) is 11.2. The lowest BCUT2D eigenvalue weighted by molar-refractivity contribution is -0.140. The van der Waals surface area contributed by atoms with Crippen LogP contribution in [0.1, 0.15) is 43.2 Å². The predicted molar refractivity (Wildman–Crippen MR) is 106 cm³/mol. The van der Waals surface area contributed by atoms with Gasteiger partial charge in [0, 0.05) is 13.0 Å². The first-order valence-corrected chi connectivity index (χ1v) is 9.39. The number of aryl methyl sites for hydroxylation is 2. The lowest BCUT2D eigenvalue weighted by Crippen LogP contribution is -2.35. The number of unbranched alkanes of at least 4 members (excludes halogenated alkanes) is 3. The SMILES string of the molecule is COC(=O)CCCCCCn1c(=O)[nH]c2nc3cc(C)c(C)cc3nc2c1=O. The van der Waals surface area contributed by atoms with Crippen molar-refractivity contribution in [3.8, 4) is 0 Å². The number of hydrogen-bond donors (Lipinski definition) is 1. The summed E-state index contributed by atoms with van der Waals surface area (Å²) in [5.41, 5.74) is 2.89. The molecule has 2 heterocycles. The Morgan fingerprint density at radius 1 is 1.04 bits per heavy atom. The Balaban J connectivity index is 1.80. The number of esters is 1. The summed E-state index contributed by atoms with van der Waals surface area (Å²) in [7, 11) is 1.37. The van der Waals surface area contributed by atoms with E-state index in [0.29, 0.717) is 30.4 Å². The Bertz CT molecular complexity index is 1150. The summed E-state index contributed by atoms with van der Waals surface area (Å²) in [5, 5.41) is 0. The number of ether oxygens (including phenoxy) is 1. The number of nitrogens with zero attached hydrogens (tertiary/aromatic N) is 3. The van der Waals surface area contributed by atoms with Gasteiger partial charge in [-0.1, -0.05) is 12.8 Å². The topological polar surface area (TPSA) is 107 Å². The molecule has 2 aromatic heterocycles. The van der Waals surface area contributed by atoms with Gasteiger partial charge in [0.25, 0.3) is 5.56 Å². The molecular weight excluding hydrogens is 360 g/mol. The first-order chi connectivity index (χ1) is 13.4. The summed E-state index contributed by atoms with van der Waals surface area (Å²) < 4.78 is 5.77. The van der Waals surface area contributed by atoms with Gasteiger partial charge in [-0.15, -0.1) is 0 Å². The van der Waals surface area contributed by atoms with Crippen molar-refractivity contribution in [3.63, 3.8) is 0 Å². The molecule has 28 heavy (non-hydrogen) atoms. The highest BCUT2D eigenvalue weighted by atomic mass is 16.5. The van der Waals surface area contributed by atoms with E-state index in [9.17, 15) is 14.4 Å². The standard InChI is InChI=1S/C20H24N4O4/c1-12-10-14-15(11-13(12)2)22-18-17(21-14)19(26)24(20(27)23-18)9-7-5-4-6-8-16(25)28-3/h10-11H,4-9H2,1-3H3,(H,22,23,27). The average Bonchev–Trinajstić information content (AvgIpc) is 2.66. The quantitative estimate of drug-likeness (QED) is 0.381. The minimum atomic E-state index is -0.482. The largest absolute Gasteiger partial charge is 0.469 e. The highest BCUT2D eigenvalue weighted by Gasteiger charge is 2.12. The van der Waals surface area contributed by atoms with E-state index in [1.807, 2.05) is 26.0 Å². The fraction of sp³-hybridized carbons (Fsp3) is 0.450.